The maximum absolute atomic E-state index is 11.3. The van der Waals surface area contributed by atoms with Crippen molar-refractivity contribution in [3.63, 3.8) is 0 Å². The predicted octanol–water partition coefficient (Wildman–Crippen LogP) is 1.46. The molecular formula is C25H30N8O. The van der Waals surface area contributed by atoms with E-state index in [-0.39, 0.29) is 5.69 Å². The summed E-state index contributed by atoms with van der Waals surface area (Å²) in [6.07, 6.45) is 3.42. The van der Waals surface area contributed by atoms with Crippen LogP contribution >= 0.6 is 0 Å². The Hall–Kier alpha value is -3.72. The lowest BCUT2D eigenvalue weighted by Crippen LogP contribution is -2.45. The van der Waals surface area contributed by atoms with Crippen molar-refractivity contribution < 1.29 is 4.79 Å². The van der Waals surface area contributed by atoms with Gasteiger partial charge in [-0.2, -0.15) is 9.97 Å². The number of amides is 1. The van der Waals surface area contributed by atoms with Crippen LogP contribution in [0, 0.1) is 0 Å². The third-order valence-electron chi connectivity index (χ3n) is 6.64. The minimum Gasteiger partial charge on any atom is -0.368 e. The first-order valence-electron chi connectivity index (χ1n) is 11.6. The predicted molar refractivity (Wildman–Crippen MR) is 133 cm³/mol. The van der Waals surface area contributed by atoms with Crippen molar-refractivity contribution in [1.82, 2.24) is 19.9 Å². The Balaban J connectivity index is 1.33. The highest BCUT2D eigenvalue weighted by Gasteiger charge is 2.22. The summed E-state index contributed by atoms with van der Waals surface area (Å²) < 4.78 is 0. The molecule has 1 fully saturated rings. The summed E-state index contributed by atoms with van der Waals surface area (Å²) >= 11 is 0. The summed E-state index contributed by atoms with van der Waals surface area (Å²) in [6.45, 7) is 5.58. The summed E-state index contributed by atoms with van der Waals surface area (Å²) in [4.78, 5) is 31.4. The minimum absolute atomic E-state index is 0.282. The molecule has 0 atom stereocenters. The van der Waals surface area contributed by atoms with Gasteiger partial charge >= 0.3 is 0 Å². The van der Waals surface area contributed by atoms with Gasteiger partial charge in [0.25, 0.3) is 5.91 Å². The van der Waals surface area contributed by atoms with Gasteiger partial charge in [-0.3, -0.25) is 9.78 Å². The van der Waals surface area contributed by atoms with E-state index in [2.05, 4.69) is 61.0 Å². The zero-order chi connectivity index (χ0) is 23.7. The zero-order valence-electron chi connectivity index (χ0n) is 19.4. The van der Waals surface area contributed by atoms with E-state index in [0.29, 0.717) is 5.95 Å². The third kappa shape index (κ3) is 4.79. The van der Waals surface area contributed by atoms with E-state index < -0.39 is 5.91 Å². The molecule has 9 heteroatoms. The molecule has 1 saturated heterocycles. The van der Waals surface area contributed by atoms with Gasteiger partial charge in [-0.1, -0.05) is 24.3 Å². The van der Waals surface area contributed by atoms with Gasteiger partial charge in [0.1, 0.15) is 17.3 Å². The lowest BCUT2D eigenvalue weighted by Gasteiger charge is -2.34. The average Bonchev–Trinajstić information content (AvgIpc) is 2.84. The highest BCUT2D eigenvalue weighted by Crippen LogP contribution is 2.28. The maximum atomic E-state index is 11.3. The number of nitrogens with zero attached hydrogens (tertiary/aromatic N) is 6. The van der Waals surface area contributed by atoms with E-state index in [0.717, 1.165) is 69.3 Å². The summed E-state index contributed by atoms with van der Waals surface area (Å²) in [5.74, 6) is 1.59. The number of aromatic nitrogens is 3. The molecule has 0 spiro atoms. The number of hydrogen-bond donors (Lipinski definition) is 2. The van der Waals surface area contributed by atoms with E-state index in [1.54, 1.807) is 12.3 Å². The maximum Gasteiger partial charge on any atom is 0.267 e. The van der Waals surface area contributed by atoms with Crippen molar-refractivity contribution >= 4 is 23.5 Å². The first-order chi connectivity index (χ1) is 16.4. The lowest BCUT2D eigenvalue weighted by atomic mass is 9.95. The second-order valence-electron chi connectivity index (χ2n) is 9.10. The molecule has 2 aliphatic rings. The van der Waals surface area contributed by atoms with Gasteiger partial charge in [-0.05, 0) is 48.2 Å². The smallest absolute Gasteiger partial charge is 0.267 e. The molecule has 2 aliphatic heterocycles. The molecular weight excluding hydrogens is 428 g/mol. The number of carbonyl (C=O) groups excluding carboxylic acids is 1. The zero-order valence-corrected chi connectivity index (χ0v) is 19.4. The molecule has 0 saturated carbocycles. The average molecular weight is 459 g/mol. The van der Waals surface area contributed by atoms with E-state index in [9.17, 15) is 4.79 Å². The molecule has 0 aliphatic carbocycles. The van der Waals surface area contributed by atoms with Crippen LogP contribution in [0.2, 0.25) is 0 Å². The molecule has 0 bridgehead atoms. The first kappa shape index (κ1) is 22.1. The fourth-order valence-electron chi connectivity index (χ4n) is 4.63. The molecule has 2 aromatic heterocycles. The first-order valence-corrected chi connectivity index (χ1v) is 11.6. The summed E-state index contributed by atoms with van der Waals surface area (Å²) in [6, 6.07) is 12.3. The number of pyridine rings is 1. The molecule has 3 aromatic rings. The van der Waals surface area contributed by atoms with Crippen molar-refractivity contribution in [2.75, 3.05) is 55.3 Å². The van der Waals surface area contributed by atoms with E-state index >= 15 is 0 Å². The standard InChI is InChI=1S/C25H30N8O/c1-31-8-10-32(11-9-31)22-14-23(30-25(27)29-22)33-7-6-19-4-2-17(13-20(19)16-33)12-18-3-5-21(24(26)34)28-15-18/h2-5,13-15H,6-12,16H2,1H3,(H2,26,34)(H2,27,29,30). The second-order valence-corrected chi connectivity index (χ2v) is 9.10. The number of likely N-dealkylation sites (N-methyl/N-ethyl adjacent to an activating group) is 1. The van der Waals surface area contributed by atoms with E-state index in [4.69, 9.17) is 11.5 Å². The summed E-state index contributed by atoms with van der Waals surface area (Å²) in [5, 5.41) is 0. The van der Waals surface area contributed by atoms with E-state index in [1.807, 2.05) is 6.07 Å². The van der Waals surface area contributed by atoms with Crippen molar-refractivity contribution in [1.29, 1.82) is 0 Å². The van der Waals surface area contributed by atoms with Crippen LogP contribution in [0.5, 0.6) is 0 Å². The number of nitrogen functional groups attached to an aromatic ring is 1. The quantitative estimate of drug-likeness (QED) is 0.590. The Morgan fingerprint density at radius 3 is 2.35 bits per heavy atom. The number of benzene rings is 1. The van der Waals surface area contributed by atoms with Gasteiger partial charge in [-0.15, -0.1) is 0 Å². The fraction of sp³-hybridized carbons (Fsp3) is 0.360. The molecule has 0 radical (unpaired) electrons. The summed E-state index contributed by atoms with van der Waals surface area (Å²) in [7, 11) is 2.14. The van der Waals surface area contributed by atoms with Gasteiger partial charge in [0, 0.05) is 51.5 Å². The Kier molecular flexibility index (Phi) is 6.02. The largest absolute Gasteiger partial charge is 0.368 e. The number of hydrogen-bond acceptors (Lipinski definition) is 8. The third-order valence-corrected chi connectivity index (χ3v) is 6.64. The molecule has 0 unspecified atom stereocenters. The van der Waals surface area contributed by atoms with Crippen LogP contribution in [0.1, 0.15) is 32.7 Å². The van der Waals surface area contributed by atoms with Gasteiger partial charge in [0.05, 0.1) is 0 Å². The molecule has 5 rings (SSSR count). The van der Waals surface area contributed by atoms with E-state index in [1.165, 1.54) is 16.7 Å². The fourth-order valence-corrected chi connectivity index (χ4v) is 4.63. The highest BCUT2D eigenvalue weighted by molar-refractivity contribution is 5.90. The van der Waals surface area contributed by atoms with Crippen LogP contribution in [-0.2, 0) is 19.4 Å². The van der Waals surface area contributed by atoms with Gasteiger partial charge in [-0.25, -0.2) is 0 Å². The van der Waals surface area contributed by atoms with Gasteiger partial charge in [0.15, 0.2) is 0 Å². The molecule has 1 amide bonds. The van der Waals surface area contributed by atoms with Gasteiger partial charge in [0.2, 0.25) is 5.95 Å². The van der Waals surface area contributed by atoms with Gasteiger partial charge < -0.3 is 26.2 Å². The molecule has 176 valence electrons. The number of primary amides is 1. The van der Waals surface area contributed by atoms with Crippen molar-refractivity contribution in [3.05, 3.63) is 70.5 Å². The number of fused-ring (bicyclic) bond motifs is 1. The lowest BCUT2D eigenvalue weighted by molar-refractivity contribution is 0.0995. The minimum atomic E-state index is -0.512. The van der Waals surface area contributed by atoms with Crippen LogP contribution in [-0.4, -0.2) is 65.5 Å². The molecule has 1 aromatic carbocycles. The van der Waals surface area contributed by atoms with Crippen molar-refractivity contribution in [3.8, 4) is 0 Å². The van der Waals surface area contributed by atoms with Crippen LogP contribution in [0.25, 0.3) is 0 Å². The second kappa shape index (κ2) is 9.26. The number of anilines is 3. The molecule has 4 heterocycles. The Morgan fingerprint density at radius 2 is 1.65 bits per heavy atom. The summed E-state index contributed by atoms with van der Waals surface area (Å²) in [5.41, 5.74) is 16.6. The normalized spacial score (nSPS) is 16.4. The molecule has 9 nitrogen and oxygen atoms in total. The molecule has 4 N–H and O–H groups in total. The van der Waals surface area contributed by atoms with Crippen LogP contribution < -0.4 is 21.3 Å². The number of nitrogens with two attached hydrogens (primary N) is 2. The SMILES string of the molecule is CN1CCN(c2cc(N3CCc4ccc(Cc5ccc(C(N)=O)nc5)cc4C3)nc(N)n2)CC1. The number of piperazine rings is 1. The van der Waals surface area contributed by atoms with Crippen molar-refractivity contribution in [2.45, 2.75) is 19.4 Å². The molecule has 34 heavy (non-hydrogen) atoms. The topological polar surface area (TPSA) is 118 Å². The highest BCUT2D eigenvalue weighted by atomic mass is 16.1. The monoisotopic (exact) mass is 458 g/mol. The number of carbonyl (C=O) groups is 1. The Labute approximate surface area is 199 Å². The van der Waals surface area contributed by atoms with Crippen LogP contribution in [0.3, 0.4) is 0 Å². The Morgan fingerprint density at radius 1 is 0.912 bits per heavy atom. The van der Waals surface area contributed by atoms with Crippen LogP contribution in [0.15, 0.2) is 42.6 Å². The number of rotatable bonds is 5. The van der Waals surface area contributed by atoms with Crippen molar-refractivity contribution in [2.24, 2.45) is 5.73 Å². The Bertz CT molecular complexity index is 1190. The van der Waals surface area contributed by atoms with Crippen LogP contribution in [0.4, 0.5) is 17.6 Å².